The molecule has 1 nitrogen and oxygen atoms in total. The number of carbonyl (C=O) groups is 1. The molecule has 1 aliphatic carbocycles. The Morgan fingerprint density at radius 2 is 1.90 bits per heavy atom. The number of hydrogen-bond acceptors (Lipinski definition) is 1. The molecule has 102 valence electrons. The standard InChI is InChI=1S/C17H14Br2O/c18-12-8-9-15(16(19)10-12)17(20)14-7-3-5-11-4-1-2-6-13(11)14/h1-2,4,6,8-10,14H,3,5,7H2. The van der Waals surface area contributed by atoms with Crippen LogP contribution >= 0.6 is 31.9 Å². The maximum Gasteiger partial charge on any atom is 0.171 e. The van der Waals surface area contributed by atoms with Crippen molar-refractivity contribution in [3.05, 3.63) is 68.1 Å². The molecule has 0 saturated heterocycles. The summed E-state index contributed by atoms with van der Waals surface area (Å²) in [6.45, 7) is 0. The van der Waals surface area contributed by atoms with Crippen molar-refractivity contribution in [2.24, 2.45) is 0 Å². The fourth-order valence-electron chi connectivity index (χ4n) is 2.90. The largest absolute Gasteiger partial charge is 0.293 e. The van der Waals surface area contributed by atoms with E-state index in [1.807, 2.05) is 24.3 Å². The predicted molar refractivity (Wildman–Crippen MR) is 88.3 cm³/mol. The normalized spacial score (nSPS) is 17.6. The molecule has 0 radical (unpaired) electrons. The molecule has 3 heteroatoms. The first-order chi connectivity index (χ1) is 9.66. The van der Waals surface area contributed by atoms with Crippen LogP contribution in [0.5, 0.6) is 0 Å². The third-order valence-electron chi connectivity index (χ3n) is 3.88. The summed E-state index contributed by atoms with van der Waals surface area (Å²) in [7, 11) is 0. The summed E-state index contributed by atoms with van der Waals surface area (Å²) in [6, 6.07) is 14.1. The van der Waals surface area contributed by atoms with E-state index in [4.69, 9.17) is 0 Å². The van der Waals surface area contributed by atoms with Crippen molar-refractivity contribution in [2.45, 2.75) is 25.2 Å². The zero-order valence-corrected chi connectivity index (χ0v) is 14.1. The number of benzene rings is 2. The SMILES string of the molecule is O=C(c1ccc(Br)cc1Br)C1CCCc2ccccc21. The van der Waals surface area contributed by atoms with Crippen molar-refractivity contribution >= 4 is 37.6 Å². The molecule has 1 atom stereocenters. The lowest BCUT2D eigenvalue weighted by molar-refractivity contribution is 0.0950. The molecule has 0 aliphatic heterocycles. The molecule has 2 aromatic rings. The molecule has 0 heterocycles. The van der Waals surface area contributed by atoms with E-state index in [0.717, 1.165) is 33.8 Å². The van der Waals surface area contributed by atoms with Crippen molar-refractivity contribution < 1.29 is 4.79 Å². The van der Waals surface area contributed by atoms with Gasteiger partial charge in [0.05, 0.1) is 0 Å². The van der Waals surface area contributed by atoms with Gasteiger partial charge in [-0.05, 0) is 48.6 Å². The van der Waals surface area contributed by atoms with Crippen LogP contribution in [0.2, 0.25) is 0 Å². The first kappa shape index (κ1) is 14.0. The van der Waals surface area contributed by atoms with Gasteiger partial charge in [0.1, 0.15) is 0 Å². The van der Waals surface area contributed by atoms with Crippen LogP contribution < -0.4 is 0 Å². The van der Waals surface area contributed by atoms with E-state index < -0.39 is 0 Å². The van der Waals surface area contributed by atoms with Gasteiger partial charge in [0, 0.05) is 20.4 Å². The molecule has 0 N–H and O–H groups in total. The topological polar surface area (TPSA) is 17.1 Å². The van der Waals surface area contributed by atoms with Crippen molar-refractivity contribution in [1.82, 2.24) is 0 Å². The van der Waals surface area contributed by atoms with Gasteiger partial charge in [-0.15, -0.1) is 0 Å². The minimum absolute atomic E-state index is 0.00238. The Kier molecular flexibility index (Phi) is 4.08. The fourth-order valence-corrected chi connectivity index (χ4v) is 4.15. The van der Waals surface area contributed by atoms with Crippen LogP contribution in [0.4, 0.5) is 0 Å². The molecule has 2 aromatic carbocycles. The number of rotatable bonds is 2. The van der Waals surface area contributed by atoms with E-state index >= 15 is 0 Å². The maximum absolute atomic E-state index is 12.8. The fraction of sp³-hybridized carbons (Fsp3) is 0.235. The maximum atomic E-state index is 12.8. The van der Waals surface area contributed by atoms with Gasteiger partial charge in [-0.1, -0.05) is 56.1 Å². The van der Waals surface area contributed by atoms with Gasteiger partial charge in [-0.25, -0.2) is 0 Å². The second-order valence-electron chi connectivity index (χ2n) is 5.13. The van der Waals surface area contributed by atoms with E-state index in [0.29, 0.717) is 0 Å². The lowest BCUT2D eigenvalue weighted by atomic mass is 9.79. The summed E-state index contributed by atoms with van der Waals surface area (Å²) in [5, 5.41) is 0. The van der Waals surface area contributed by atoms with E-state index in [2.05, 4.69) is 50.1 Å². The molecular weight excluding hydrogens is 380 g/mol. The number of fused-ring (bicyclic) bond motifs is 1. The number of hydrogen-bond donors (Lipinski definition) is 0. The van der Waals surface area contributed by atoms with Crippen LogP contribution in [0.25, 0.3) is 0 Å². The van der Waals surface area contributed by atoms with Gasteiger partial charge in [-0.2, -0.15) is 0 Å². The van der Waals surface area contributed by atoms with E-state index in [9.17, 15) is 4.79 Å². The highest BCUT2D eigenvalue weighted by molar-refractivity contribution is 9.11. The van der Waals surface area contributed by atoms with Crippen LogP contribution in [0, 0.1) is 0 Å². The Morgan fingerprint density at radius 3 is 2.70 bits per heavy atom. The third-order valence-corrected chi connectivity index (χ3v) is 5.03. The molecule has 0 fully saturated rings. The van der Waals surface area contributed by atoms with Gasteiger partial charge < -0.3 is 0 Å². The Hall–Kier alpha value is -0.930. The smallest absolute Gasteiger partial charge is 0.171 e. The second kappa shape index (κ2) is 5.82. The molecule has 0 saturated carbocycles. The van der Waals surface area contributed by atoms with Crippen molar-refractivity contribution in [3.63, 3.8) is 0 Å². The highest BCUT2D eigenvalue weighted by atomic mass is 79.9. The second-order valence-corrected chi connectivity index (χ2v) is 6.90. The molecule has 0 amide bonds. The average molecular weight is 394 g/mol. The zero-order valence-electron chi connectivity index (χ0n) is 10.9. The van der Waals surface area contributed by atoms with E-state index in [-0.39, 0.29) is 11.7 Å². The molecule has 0 aromatic heterocycles. The van der Waals surface area contributed by atoms with E-state index in [1.54, 1.807) is 0 Å². The molecular formula is C17H14Br2O. The van der Waals surface area contributed by atoms with Crippen LogP contribution in [0.1, 0.15) is 40.2 Å². The zero-order chi connectivity index (χ0) is 14.1. The average Bonchev–Trinajstić information content (AvgIpc) is 2.46. The van der Waals surface area contributed by atoms with Gasteiger partial charge in [0.15, 0.2) is 5.78 Å². The molecule has 0 spiro atoms. The van der Waals surface area contributed by atoms with Crippen LogP contribution in [-0.2, 0) is 6.42 Å². The number of ketones is 1. The quantitative estimate of drug-likeness (QED) is 0.614. The summed E-state index contributed by atoms with van der Waals surface area (Å²) in [6.07, 6.45) is 3.11. The highest BCUT2D eigenvalue weighted by Gasteiger charge is 2.27. The van der Waals surface area contributed by atoms with Crippen molar-refractivity contribution in [1.29, 1.82) is 0 Å². The first-order valence-electron chi connectivity index (χ1n) is 6.74. The number of Topliss-reactive ketones (excluding diaryl/α,β-unsaturated/α-hetero) is 1. The van der Waals surface area contributed by atoms with Crippen LogP contribution in [0.15, 0.2) is 51.4 Å². The van der Waals surface area contributed by atoms with Crippen molar-refractivity contribution in [3.8, 4) is 0 Å². The molecule has 1 unspecified atom stereocenters. The highest BCUT2D eigenvalue weighted by Crippen LogP contribution is 2.35. The van der Waals surface area contributed by atoms with Crippen LogP contribution in [-0.4, -0.2) is 5.78 Å². The lowest BCUT2D eigenvalue weighted by Crippen LogP contribution is -2.19. The summed E-state index contributed by atoms with van der Waals surface area (Å²) in [4.78, 5) is 12.8. The number of carbonyl (C=O) groups excluding carboxylic acids is 1. The van der Waals surface area contributed by atoms with E-state index in [1.165, 1.54) is 11.1 Å². The predicted octanol–water partition coefficient (Wildman–Crippen LogP) is 5.51. The molecule has 1 aliphatic rings. The Morgan fingerprint density at radius 1 is 1.10 bits per heavy atom. The Labute approximate surface area is 135 Å². The molecule has 0 bridgehead atoms. The lowest BCUT2D eigenvalue weighted by Gasteiger charge is -2.24. The number of halogens is 2. The summed E-state index contributed by atoms with van der Waals surface area (Å²) in [5.74, 6) is 0.217. The summed E-state index contributed by atoms with van der Waals surface area (Å²) < 4.78 is 1.84. The minimum Gasteiger partial charge on any atom is -0.293 e. The van der Waals surface area contributed by atoms with Gasteiger partial charge in [0.2, 0.25) is 0 Å². The van der Waals surface area contributed by atoms with Gasteiger partial charge in [-0.3, -0.25) is 4.79 Å². The minimum atomic E-state index is -0.00238. The molecule has 3 rings (SSSR count). The van der Waals surface area contributed by atoms with Crippen molar-refractivity contribution in [2.75, 3.05) is 0 Å². The first-order valence-corrected chi connectivity index (χ1v) is 8.32. The third kappa shape index (κ3) is 2.61. The molecule has 20 heavy (non-hydrogen) atoms. The summed E-state index contributed by atoms with van der Waals surface area (Å²) in [5.41, 5.74) is 3.30. The van der Waals surface area contributed by atoms with Crippen LogP contribution in [0.3, 0.4) is 0 Å². The Balaban J connectivity index is 2.00. The Bertz CT molecular complexity index is 664. The van der Waals surface area contributed by atoms with Gasteiger partial charge in [0.25, 0.3) is 0 Å². The number of aryl methyl sites for hydroxylation is 1. The van der Waals surface area contributed by atoms with Gasteiger partial charge >= 0.3 is 0 Å². The monoisotopic (exact) mass is 392 g/mol. The summed E-state index contributed by atoms with van der Waals surface area (Å²) >= 11 is 6.93.